The summed E-state index contributed by atoms with van der Waals surface area (Å²) in [6.07, 6.45) is 0. The van der Waals surface area contributed by atoms with Crippen LogP contribution in [0.15, 0.2) is 35.5 Å². The molecule has 0 unspecified atom stereocenters. The van der Waals surface area contributed by atoms with Crippen LogP contribution in [0.3, 0.4) is 0 Å². The molecule has 2 aromatic rings. The van der Waals surface area contributed by atoms with E-state index in [1.165, 1.54) is 30.3 Å². The van der Waals surface area contributed by atoms with Crippen LogP contribution in [0.1, 0.15) is 10.4 Å². The Labute approximate surface area is 145 Å². The molecule has 0 atom stereocenters. The Bertz CT molecular complexity index is 792. The lowest BCUT2D eigenvalue weighted by atomic mass is 10.2. The van der Waals surface area contributed by atoms with Gasteiger partial charge in [-0.3, -0.25) is 30.6 Å². The molecule has 0 saturated carbocycles. The minimum atomic E-state index is -0.613. The first kappa shape index (κ1) is 17.9. The minimum absolute atomic E-state index is 0.0799. The van der Waals surface area contributed by atoms with Crippen molar-refractivity contribution < 1.29 is 14.5 Å². The highest BCUT2D eigenvalue weighted by Crippen LogP contribution is 2.15. The number of rotatable bonds is 5. The molecule has 0 spiro atoms. The maximum Gasteiger partial charge on any atom is 0.269 e. The summed E-state index contributed by atoms with van der Waals surface area (Å²) >= 11 is 0.989. The normalized spacial score (nSPS) is 10.1. The average Bonchev–Trinajstić information content (AvgIpc) is 2.57. The lowest BCUT2D eigenvalue weighted by Gasteiger charge is -2.07. The number of amides is 2. The fourth-order valence-corrected chi connectivity index (χ4v) is 2.30. The van der Waals surface area contributed by atoms with E-state index < -0.39 is 16.7 Å². The van der Waals surface area contributed by atoms with Crippen molar-refractivity contribution >= 4 is 40.9 Å². The van der Waals surface area contributed by atoms with Gasteiger partial charge in [-0.1, -0.05) is 11.8 Å². The molecule has 0 fully saturated rings. The molecular weight excluding hydrogens is 350 g/mol. The van der Waals surface area contributed by atoms with Crippen LogP contribution in [0, 0.1) is 10.1 Å². The van der Waals surface area contributed by atoms with Gasteiger partial charge in [0.15, 0.2) is 5.16 Å². The molecule has 2 rings (SSSR count). The van der Waals surface area contributed by atoms with E-state index >= 15 is 0 Å². The topological polar surface area (TPSA) is 179 Å². The monoisotopic (exact) mass is 363 g/mol. The Balaban J connectivity index is 1.82. The Morgan fingerprint density at radius 1 is 1.12 bits per heavy atom. The molecule has 12 heteroatoms. The van der Waals surface area contributed by atoms with Gasteiger partial charge in [-0.15, -0.1) is 0 Å². The van der Waals surface area contributed by atoms with E-state index in [0.717, 1.165) is 11.8 Å². The zero-order valence-electron chi connectivity index (χ0n) is 12.6. The van der Waals surface area contributed by atoms with Crippen LogP contribution in [0.2, 0.25) is 0 Å². The van der Waals surface area contributed by atoms with Crippen LogP contribution in [0.25, 0.3) is 0 Å². The number of benzene rings is 1. The van der Waals surface area contributed by atoms with Gasteiger partial charge in [0, 0.05) is 23.8 Å². The summed E-state index contributed by atoms with van der Waals surface area (Å²) in [6.45, 7) is 0. The molecule has 0 bridgehead atoms. The molecule has 0 saturated heterocycles. The van der Waals surface area contributed by atoms with Gasteiger partial charge >= 0.3 is 0 Å². The molecule has 1 aromatic heterocycles. The van der Waals surface area contributed by atoms with Crippen molar-refractivity contribution in [3.63, 3.8) is 0 Å². The van der Waals surface area contributed by atoms with Crippen LogP contribution in [-0.2, 0) is 4.79 Å². The first-order valence-corrected chi connectivity index (χ1v) is 7.70. The number of thioether (sulfide) groups is 1. The van der Waals surface area contributed by atoms with Gasteiger partial charge in [-0.2, -0.15) is 0 Å². The second kappa shape index (κ2) is 7.92. The van der Waals surface area contributed by atoms with E-state index in [0.29, 0.717) is 0 Å². The number of hydrogen-bond acceptors (Lipinski definition) is 9. The van der Waals surface area contributed by atoms with E-state index in [1.807, 2.05) is 0 Å². The van der Waals surface area contributed by atoms with Gasteiger partial charge in [0.25, 0.3) is 11.6 Å². The van der Waals surface area contributed by atoms with Crippen molar-refractivity contribution in [1.29, 1.82) is 0 Å². The van der Waals surface area contributed by atoms with E-state index in [1.54, 1.807) is 0 Å². The molecule has 25 heavy (non-hydrogen) atoms. The minimum Gasteiger partial charge on any atom is -0.383 e. The predicted molar refractivity (Wildman–Crippen MR) is 90.3 cm³/mol. The number of hydrazine groups is 1. The number of nitrogens with two attached hydrogens (primary N) is 2. The molecule has 2 amide bonds. The smallest absolute Gasteiger partial charge is 0.269 e. The van der Waals surface area contributed by atoms with E-state index in [9.17, 15) is 19.7 Å². The summed E-state index contributed by atoms with van der Waals surface area (Å²) in [5.41, 5.74) is 15.4. The highest BCUT2D eigenvalue weighted by Gasteiger charge is 2.11. The zero-order chi connectivity index (χ0) is 18.4. The third-order valence-electron chi connectivity index (χ3n) is 2.73. The number of non-ortho nitro benzene ring substituents is 1. The average molecular weight is 363 g/mol. The van der Waals surface area contributed by atoms with Crippen molar-refractivity contribution in [2.45, 2.75) is 5.16 Å². The van der Waals surface area contributed by atoms with Crippen LogP contribution >= 0.6 is 11.8 Å². The summed E-state index contributed by atoms with van der Waals surface area (Å²) in [5, 5.41) is 10.8. The lowest BCUT2D eigenvalue weighted by Crippen LogP contribution is -2.42. The van der Waals surface area contributed by atoms with Crippen molar-refractivity contribution in [2.24, 2.45) is 0 Å². The maximum absolute atomic E-state index is 11.8. The second-order valence-electron chi connectivity index (χ2n) is 4.60. The molecule has 1 aromatic carbocycles. The molecule has 0 aliphatic heterocycles. The molecule has 0 aliphatic carbocycles. The second-order valence-corrected chi connectivity index (χ2v) is 5.54. The van der Waals surface area contributed by atoms with Crippen molar-refractivity contribution in [3.8, 4) is 0 Å². The highest BCUT2D eigenvalue weighted by molar-refractivity contribution is 7.99. The van der Waals surface area contributed by atoms with Gasteiger partial charge in [0.05, 0.1) is 10.7 Å². The van der Waals surface area contributed by atoms with Crippen LogP contribution in [0.4, 0.5) is 17.3 Å². The number of carbonyl (C=O) groups excluding carboxylic acids is 2. The molecular formula is C13H13N7O4S. The Kier molecular flexibility index (Phi) is 5.68. The van der Waals surface area contributed by atoms with Gasteiger partial charge in [0.1, 0.15) is 11.6 Å². The zero-order valence-corrected chi connectivity index (χ0v) is 13.4. The highest BCUT2D eigenvalue weighted by atomic mass is 32.2. The number of hydrogen-bond donors (Lipinski definition) is 4. The van der Waals surface area contributed by atoms with Crippen molar-refractivity contribution in [3.05, 3.63) is 46.0 Å². The first-order chi connectivity index (χ1) is 11.8. The number of aromatic nitrogens is 2. The Morgan fingerprint density at radius 3 is 2.28 bits per heavy atom. The summed E-state index contributed by atoms with van der Waals surface area (Å²) in [7, 11) is 0. The fraction of sp³-hybridized carbons (Fsp3) is 0.0769. The van der Waals surface area contributed by atoms with E-state index in [2.05, 4.69) is 20.8 Å². The molecule has 6 N–H and O–H groups in total. The number of nitrogen functional groups attached to an aromatic ring is 2. The fourth-order valence-electron chi connectivity index (χ4n) is 1.63. The van der Waals surface area contributed by atoms with Crippen LogP contribution < -0.4 is 22.3 Å². The third-order valence-corrected chi connectivity index (χ3v) is 3.58. The molecule has 0 radical (unpaired) electrons. The van der Waals surface area contributed by atoms with Crippen molar-refractivity contribution in [1.82, 2.24) is 20.8 Å². The quantitative estimate of drug-likeness (QED) is 0.248. The molecule has 11 nitrogen and oxygen atoms in total. The van der Waals surface area contributed by atoms with E-state index in [4.69, 9.17) is 11.5 Å². The van der Waals surface area contributed by atoms with Crippen molar-refractivity contribution in [2.75, 3.05) is 17.2 Å². The van der Waals surface area contributed by atoms with Crippen LogP contribution in [0.5, 0.6) is 0 Å². The summed E-state index contributed by atoms with van der Waals surface area (Å²) in [5.74, 6) is -0.838. The van der Waals surface area contributed by atoms with Crippen LogP contribution in [-0.4, -0.2) is 32.5 Å². The Hall–Kier alpha value is -3.41. The first-order valence-electron chi connectivity index (χ1n) is 6.71. The summed E-state index contributed by atoms with van der Waals surface area (Å²) in [4.78, 5) is 41.3. The van der Waals surface area contributed by atoms with Gasteiger partial charge in [0.2, 0.25) is 5.91 Å². The summed E-state index contributed by atoms with van der Waals surface area (Å²) in [6, 6.07) is 6.31. The SMILES string of the molecule is Nc1cc(N)nc(SCC(=O)NNC(=O)c2ccc([N+](=O)[O-])cc2)n1. The Morgan fingerprint density at radius 2 is 1.72 bits per heavy atom. The number of nitrogens with zero attached hydrogens (tertiary/aromatic N) is 3. The third kappa shape index (κ3) is 5.31. The number of nitrogens with one attached hydrogen (secondary N) is 2. The van der Waals surface area contributed by atoms with Gasteiger partial charge < -0.3 is 11.5 Å². The lowest BCUT2D eigenvalue weighted by molar-refractivity contribution is -0.384. The summed E-state index contributed by atoms with van der Waals surface area (Å²) < 4.78 is 0. The number of carbonyl (C=O) groups is 2. The van der Waals surface area contributed by atoms with E-state index in [-0.39, 0.29) is 33.8 Å². The largest absolute Gasteiger partial charge is 0.383 e. The molecule has 130 valence electrons. The molecule has 0 aliphatic rings. The number of nitro groups is 1. The van der Waals surface area contributed by atoms with Gasteiger partial charge in [-0.05, 0) is 12.1 Å². The predicted octanol–water partition coefficient (Wildman–Crippen LogP) is 0.102. The van der Waals surface area contributed by atoms with Gasteiger partial charge in [-0.25, -0.2) is 9.97 Å². The standard InChI is InChI=1S/C13H13N7O4S/c14-9-5-10(15)17-13(16-9)25-6-11(21)18-19-12(22)7-1-3-8(4-2-7)20(23)24/h1-5H,6H2,(H,18,21)(H,19,22)(H4,14,15,16,17). The molecule has 1 heterocycles. The number of nitro benzene ring substituents is 1. The maximum atomic E-state index is 11.8. The number of anilines is 2.